The van der Waals surface area contributed by atoms with Crippen molar-refractivity contribution in [2.75, 3.05) is 0 Å². The van der Waals surface area contributed by atoms with E-state index in [4.69, 9.17) is 13.6 Å². The van der Waals surface area contributed by atoms with E-state index in [1.807, 2.05) is 0 Å². The van der Waals surface area contributed by atoms with Crippen LogP contribution in [0.2, 0.25) is 0 Å². The van der Waals surface area contributed by atoms with Crippen molar-refractivity contribution in [2.45, 2.75) is 112 Å². The maximum absolute atomic E-state index is 6.91. The minimum Gasteiger partial charge on any atom is -0.408 e. The third-order valence-corrected chi connectivity index (χ3v) is 8.36. The Morgan fingerprint density at radius 2 is 0.974 bits per heavy atom. The standard InChI is InChI=1S/C35H47O3P/c1-22-13-16-30(27(19-22)33(4,5)6)36-39-37-31-25(17-23(2)20-28(31)34(7,8)9)14-15-26-18-24(3)21-29(32(26)38-39)35(10,11)12/h13,16-21H,14-15H2,1-12H3. The second-order valence-electron chi connectivity index (χ2n) is 14.3. The summed E-state index contributed by atoms with van der Waals surface area (Å²) >= 11 is 0. The number of fused-ring (bicyclic) bond motifs is 2. The molecule has 3 aromatic rings. The molecule has 0 aromatic heterocycles. The Labute approximate surface area is 238 Å². The monoisotopic (exact) mass is 546 g/mol. The lowest BCUT2D eigenvalue weighted by Crippen LogP contribution is -2.17. The molecule has 4 rings (SSSR count). The van der Waals surface area contributed by atoms with Crippen LogP contribution in [0.5, 0.6) is 17.2 Å². The summed E-state index contributed by atoms with van der Waals surface area (Å²) in [6.07, 6.45) is 1.76. The zero-order valence-electron chi connectivity index (χ0n) is 26.1. The third kappa shape index (κ3) is 6.63. The first-order valence-electron chi connectivity index (χ1n) is 14.2. The number of aryl methyl sites for hydroxylation is 5. The first kappa shape index (κ1) is 29.5. The van der Waals surface area contributed by atoms with E-state index in [9.17, 15) is 0 Å². The van der Waals surface area contributed by atoms with Crippen LogP contribution in [0.3, 0.4) is 0 Å². The highest BCUT2D eigenvalue weighted by atomic mass is 31.2. The summed E-state index contributed by atoms with van der Waals surface area (Å²) in [6, 6.07) is 15.5. The molecule has 0 fully saturated rings. The van der Waals surface area contributed by atoms with Gasteiger partial charge >= 0.3 is 8.60 Å². The van der Waals surface area contributed by atoms with Crippen molar-refractivity contribution in [1.29, 1.82) is 0 Å². The molecule has 0 unspecified atom stereocenters. The van der Waals surface area contributed by atoms with Gasteiger partial charge in [0, 0.05) is 16.7 Å². The summed E-state index contributed by atoms with van der Waals surface area (Å²) in [7, 11) is -1.80. The Balaban J connectivity index is 1.94. The molecular weight excluding hydrogens is 499 g/mol. The van der Waals surface area contributed by atoms with Crippen molar-refractivity contribution >= 4 is 8.60 Å². The van der Waals surface area contributed by atoms with Crippen molar-refractivity contribution in [1.82, 2.24) is 0 Å². The van der Waals surface area contributed by atoms with Gasteiger partial charge in [0.05, 0.1) is 0 Å². The molecule has 1 heterocycles. The number of rotatable bonds is 2. The van der Waals surface area contributed by atoms with E-state index in [1.54, 1.807) is 0 Å². The fraction of sp³-hybridized carbons (Fsp3) is 0.486. The first-order chi connectivity index (χ1) is 17.9. The average molecular weight is 547 g/mol. The topological polar surface area (TPSA) is 27.7 Å². The molecule has 1 aliphatic rings. The molecule has 0 spiro atoms. The molecule has 4 heteroatoms. The summed E-state index contributed by atoms with van der Waals surface area (Å²) in [4.78, 5) is 0. The fourth-order valence-corrected chi connectivity index (χ4v) is 6.42. The zero-order chi connectivity index (χ0) is 28.9. The summed E-state index contributed by atoms with van der Waals surface area (Å²) in [5.41, 5.74) is 9.40. The highest BCUT2D eigenvalue weighted by Crippen LogP contribution is 2.52. The molecule has 0 saturated heterocycles. The van der Waals surface area contributed by atoms with Gasteiger partial charge in [-0.2, -0.15) is 0 Å². The van der Waals surface area contributed by atoms with Crippen molar-refractivity contribution in [3.63, 3.8) is 0 Å². The minimum absolute atomic E-state index is 0.0898. The molecule has 0 atom stereocenters. The molecule has 210 valence electrons. The van der Waals surface area contributed by atoms with E-state index in [2.05, 4.69) is 126 Å². The quantitative estimate of drug-likeness (QED) is 0.299. The molecule has 0 saturated carbocycles. The van der Waals surface area contributed by atoms with E-state index in [0.717, 1.165) is 35.7 Å². The van der Waals surface area contributed by atoms with E-state index in [-0.39, 0.29) is 16.2 Å². The molecule has 3 aromatic carbocycles. The van der Waals surface area contributed by atoms with Crippen LogP contribution in [0.4, 0.5) is 0 Å². The van der Waals surface area contributed by atoms with Gasteiger partial charge < -0.3 is 13.6 Å². The van der Waals surface area contributed by atoms with Gasteiger partial charge in [0.15, 0.2) is 0 Å². The SMILES string of the molecule is Cc1ccc(OP2Oc3c(cc(C)cc3C(C)(C)C)CCc3cc(C)cc(C(C)(C)C)c3O2)c(C(C)(C)C)c1. The largest absolute Gasteiger partial charge is 0.530 e. The number of benzene rings is 3. The van der Waals surface area contributed by atoms with Crippen LogP contribution in [0.1, 0.15) is 107 Å². The van der Waals surface area contributed by atoms with Crippen LogP contribution >= 0.6 is 8.60 Å². The lowest BCUT2D eigenvalue weighted by Gasteiger charge is -2.30. The highest BCUT2D eigenvalue weighted by Gasteiger charge is 2.34. The van der Waals surface area contributed by atoms with E-state index >= 15 is 0 Å². The number of hydrogen-bond acceptors (Lipinski definition) is 3. The molecule has 0 N–H and O–H groups in total. The van der Waals surface area contributed by atoms with Crippen LogP contribution < -0.4 is 13.6 Å². The van der Waals surface area contributed by atoms with Crippen LogP contribution in [0.15, 0.2) is 42.5 Å². The maximum atomic E-state index is 6.91. The van der Waals surface area contributed by atoms with Crippen LogP contribution in [-0.2, 0) is 29.1 Å². The first-order valence-corrected chi connectivity index (χ1v) is 15.3. The van der Waals surface area contributed by atoms with Gasteiger partial charge in [-0.05, 0) is 67.1 Å². The van der Waals surface area contributed by atoms with Crippen molar-refractivity contribution in [3.05, 3.63) is 87.0 Å². The van der Waals surface area contributed by atoms with Gasteiger partial charge in [0.25, 0.3) is 0 Å². The molecule has 0 bridgehead atoms. The molecule has 0 amide bonds. The smallest absolute Gasteiger partial charge is 0.408 e. The predicted molar refractivity (Wildman–Crippen MR) is 166 cm³/mol. The molecule has 1 aliphatic heterocycles. The molecule has 3 nitrogen and oxygen atoms in total. The normalized spacial score (nSPS) is 14.8. The van der Waals surface area contributed by atoms with Crippen LogP contribution in [0.25, 0.3) is 0 Å². The third-order valence-electron chi connectivity index (χ3n) is 7.35. The molecule has 39 heavy (non-hydrogen) atoms. The van der Waals surface area contributed by atoms with Gasteiger partial charge in [-0.3, -0.25) is 0 Å². The zero-order valence-corrected chi connectivity index (χ0v) is 27.0. The van der Waals surface area contributed by atoms with Gasteiger partial charge in [0.1, 0.15) is 17.2 Å². The molecule has 0 aliphatic carbocycles. The lowest BCUT2D eigenvalue weighted by atomic mass is 9.82. The van der Waals surface area contributed by atoms with Gasteiger partial charge in [-0.25, -0.2) is 0 Å². The summed E-state index contributed by atoms with van der Waals surface area (Å²) < 4.78 is 20.6. The second kappa shape index (κ2) is 10.5. The van der Waals surface area contributed by atoms with Gasteiger partial charge in [0.2, 0.25) is 0 Å². The molecular formula is C35H47O3P. The van der Waals surface area contributed by atoms with Crippen molar-refractivity contribution < 1.29 is 13.6 Å². The summed E-state index contributed by atoms with van der Waals surface area (Å²) in [5, 5.41) is 0. The van der Waals surface area contributed by atoms with Gasteiger partial charge in [-0.15, -0.1) is 0 Å². The van der Waals surface area contributed by atoms with E-state index in [0.29, 0.717) is 0 Å². The average Bonchev–Trinajstić information content (AvgIpc) is 2.85. The van der Waals surface area contributed by atoms with E-state index < -0.39 is 8.60 Å². The Kier molecular flexibility index (Phi) is 7.91. The summed E-state index contributed by atoms with van der Waals surface area (Å²) in [6.45, 7) is 26.6. The van der Waals surface area contributed by atoms with Crippen LogP contribution in [-0.4, -0.2) is 0 Å². The summed E-state index contributed by atoms with van der Waals surface area (Å²) in [5.74, 6) is 2.63. The van der Waals surface area contributed by atoms with Crippen molar-refractivity contribution in [2.24, 2.45) is 0 Å². The second-order valence-corrected chi connectivity index (χ2v) is 15.3. The fourth-order valence-electron chi connectivity index (χ4n) is 5.26. The molecule has 0 radical (unpaired) electrons. The van der Waals surface area contributed by atoms with Crippen molar-refractivity contribution in [3.8, 4) is 17.2 Å². The lowest BCUT2D eigenvalue weighted by molar-refractivity contribution is 0.371. The maximum Gasteiger partial charge on any atom is 0.530 e. The Hall–Kier alpha value is -2.51. The van der Waals surface area contributed by atoms with Gasteiger partial charge in [-0.1, -0.05) is 115 Å². The van der Waals surface area contributed by atoms with E-state index in [1.165, 1.54) is 38.9 Å². The Morgan fingerprint density at radius 3 is 1.38 bits per heavy atom. The number of hydrogen-bond donors (Lipinski definition) is 0. The predicted octanol–water partition coefficient (Wildman–Crippen LogP) is 10.4. The Bertz CT molecular complexity index is 1290. The Morgan fingerprint density at radius 1 is 0.564 bits per heavy atom. The highest BCUT2D eigenvalue weighted by molar-refractivity contribution is 7.43. The van der Waals surface area contributed by atoms with Crippen LogP contribution in [0, 0.1) is 20.8 Å². The minimum atomic E-state index is -1.80.